The summed E-state index contributed by atoms with van der Waals surface area (Å²) in [6.07, 6.45) is 4.33. The predicted molar refractivity (Wildman–Crippen MR) is 49.7 cm³/mol. The lowest BCUT2D eigenvalue weighted by atomic mass is 10.3. The molecule has 0 aliphatic rings. The van der Waals surface area contributed by atoms with Gasteiger partial charge in [0.1, 0.15) is 0 Å². The zero-order valence-electron chi connectivity index (χ0n) is 7.46. The van der Waals surface area contributed by atoms with Gasteiger partial charge in [-0.25, -0.2) is 9.68 Å². The summed E-state index contributed by atoms with van der Waals surface area (Å²) >= 11 is 0. The topological polar surface area (TPSA) is 71.7 Å². The first kappa shape index (κ1) is 10.5. The van der Waals surface area contributed by atoms with E-state index < -0.39 is 5.97 Å². The number of rotatable bonds is 5. The fourth-order valence-electron chi connectivity index (χ4n) is 1.08. The van der Waals surface area contributed by atoms with Gasteiger partial charge >= 0.3 is 5.97 Å². The Bertz CT molecular complexity index is 329. The van der Waals surface area contributed by atoms with E-state index in [1.165, 1.54) is 6.08 Å². The highest BCUT2D eigenvalue weighted by Crippen LogP contribution is 2.04. The number of aliphatic carboxylic acids is 1. The average molecular weight is 197 g/mol. The van der Waals surface area contributed by atoms with E-state index in [1.807, 2.05) is 0 Å². The van der Waals surface area contributed by atoms with Crippen molar-refractivity contribution in [2.24, 2.45) is 0 Å². The molecule has 0 radical (unpaired) electrons. The van der Waals surface area contributed by atoms with Crippen LogP contribution in [0.3, 0.4) is 0 Å². The van der Waals surface area contributed by atoms with Crippen LogP contribution in [0.5, 0.6) is 0 Å². The van der Waals surface area contributed by atoms with Crippen molar-refractivity contribution in [2.75, 3.05) is 6.61 Å². The first-order valence-electron chi connectivity index (χ1n) is 4.06. The van der Waals surface area contributed by atoms with Crippen molar-refractivity contribution < 1.29 is 20.0 Å². The molecule has 5 nitrogen and oxygen atoms in total. The highest BCUT2D eigenvalue weighted by atomic mass is 17.1. The van der Waals surface area contributed by atoms with Crippen LogP contribution in [0.25, 0.3) is 6.08 Å². The van der Waals surface area contributed by atoms with Gasteiger partial charge in [0.25, 0.3) is 0 Å². The standard InChI is InChI=1S/C9H11NO4/c11-9(12)4-3-8-2-1-5-10(8)6-7-14-13/h1-5,13H,6-7H2,(H,11,12)/b4-3+. The first-order chi connectivity index (χ1) is 6.74. The Balaban J connectivity index is 2.67. The Hall–Kier alpha value is -1.59. The molecule has 0 saturated carbocycles. The Labute approximate surface area is 80.8 Å². The van der Waals surface area contributed by atoms with Crippen LogP contribution in [-0.4, -0.2) is 27.5 Å². The molecule has 2 N–H and O–H groups in total. The molecule has 0 unspecified atom stereocenters. The van der Waals surface area contributed by atoms with Crippen LogP contribution in [-0.2, 0) is 16.2 Å². The van der Waals surface area contributed by atoms with E-state index in [9.17, 15) is 4.79 Å². The van der Waals surface area contributed by atoms with Crippen LogP contribution in [0.1, 0.15) is 5.69 Å². The fraction of sp³-hybridized carbons (Fsp3) is 0.222. The molecule has 0 aliphatic heterocycles. The Kier molecular flexibility index (Phi) is 3.90. The Morgan fingerprint density at radius 2 is 2.43 bits per heavy atom. The van der Waals surface area contributed by atoms with E-state index in [0.717, 1.165) is 11.8 Å². The number of nitrogens with zero attached hydrogens (tertiary/aromatic N) is 1. The summed E-state index contributed by atoms with van der Waals surface area (Å²) in [4.78, 5) is 14.2. The minimum atomic E-state index is -0.990. The van der Waals surface area contributed by atoms with Gasteiger partial charge in [0.2, 0.25) is 0 Å². The van der Waals surface area contributed by atoms with E-state index in [-0.39, 0.29) is 6.61 Å². The second-order valence-corrected chi connectivity index (χ2v) is 2.63. The van der Waals surface area contributed by atoms with Gasteiger partial charge in [-0.2, -0.15) is 0 Å². The number of hydrogen-bond acceptors (Lipinski definition) is 3. The maximum absolute atomic E-state index is 10.3. The Morgan fingerprint density at radius 3 is 3.07 bits per heavy atom. The molecule has 14 heavy (non-hydrogen) atoms. The number of carboxylic acids is 1. The molecular weight excluding hydrogens is 186 g/mol. The predicted octanol–water partition coefficient (Wildman–Crippen LogP) is 1.08. The monoisotopic (exact) mass is 197 g/mol. The van der Waals surface area contributed by atoms with Gasteiger partial charge in [0.15, 0.2) is 0 Å². The van der Waals surface area contributed by atoms with E-state index in [2.05, 4.69) is 4.89 Å². The Morgan fingerprint density at radius 1 is 1.64 bits per heavy atom. The highest BCUT2D eigenvalue weighted by Gasteiger charge is 1.97. The van der Waals surface area contributed by atoms with Crippen molar-refractivity contribution in [1.82, 2.24) is 4.57 Å². The molecular formula is C9H11NO4. The molecule has 0 aromatic carbocycles. The minimum Gasteiger partial charge on any atom is -0.478 e. The molecule has 1 rings (SSSR count). The number of carboxylic acid groups (broad SMARTS) is 1. The van der Waals surface area contributed by atoms with Gasteiger partial charge < -0.3 is 9.67 Å². The molecule has 0 saturated heterocycles. The van der Waals surface area contributed by atoms with E-state index in [1.54, 1.807) is 22.9 Å². The van der Waals surface area contributed by atoms with Crippen molar-refractivity contribution in [1.29, 1.82) is 0 Å². The summed E-state index contributed by atoms with van der Waals surface area (Å²) in [5.74, 6) is -0.990. The van der Waals surface area contributed by atoms with Crippen molar-refractivity contribution in [3.8, 4) is 0 Å². The van der Waals surface area contributed by atoms with Gasteiger partial charge in [-0.05, 0) is 18.2 Å². The summed E-state index contributed by atoms with van der Waals surface area (Å²) in [6.45, 7) is 0.644. The third-order valence-electron chi connectivity index (χ3n) is 1.68. The molecule has 0 fully saturated rings. The zero-order valence-corrected chi connectivity index (χ0v) is 7.46. The lowest BCUT2D eigenvalue weighted by Gasteiger charge is -2.03. The van der Waals surface area contributed by atoms with Crippen LogP contribution >= 0.6 is 0 Å². The molecule has 1 heterocycles. The molecule has 0 bridgehead atoms. The smallest absolute Gasteiger partial charge is 0.328 e. The number of aromatic nitrogens is 1. The highest BCUT2D eigenvalue weighted by molar-refractivity contribution is 5.84. The maximum Gasteiger partial charge on any atom is 0.328 e. The molecule has 0 aliphatic carbocycles. The minimum absolute atomic E-state index is 0.169. The number of carbonyl (C=O) groups is 1. The third-order valence-corrected chi connectivity index (χ3v) is 1.68. The third kappa shape index (κ3) is 3.04. The average Bonchev–Trinajstić information content (AvgIpc) is 2.58. The van der Waals surface area contributed by atoms with Gasteiger partial charge in [0.05, 0.1) is 6.61 Å². The largest absolute Gasteiger partial charge is 0.478 e. The van der Waals surface area contributed by atoms with Crippen LogP contribution < -0.4 is 0 Å². The van der Waals surface area contributed by atoms with Gasteiger partial charge in [-0.3, -0.25) is 5.26 Å². The quantitative estimate of drug-likeness (QED) is 0.421. The van der Waals surface area contributed by atoms with Crippen molar-refractivity contribution in [3.05, 3.63) is 30.1 Å². The normalized spacial score (nSPS) is 10.9. The van der Waals surface area contributed by atoms with Crippen LogP contribution in [0.2, 0.25) is 0 Å². The maximum atomic E-state index is 10.3. The van der Waals surface area contributed by atoms with Crippen molar-refractivity contribution in [3.63, 3.8) is 0 Å². The van der Waals surface area contributed by atoms with Crippen LogP contribution in [0.15, 0.2) is 24.4 Å². The van der Waals surface area contributed by atoms with Gasteiger partial charge in [-0.1, -0.05) is 0 Å². The lowest BCUT2D eigenvalue weighted by Crippen LogP contribution is -2.04. The van der Waals surface area contributed by atoms with Gasteiger partial charge in [0, 0.05) is 24.5 Å². The summed E-state index contributed by atoms with van der Waals surface area (Å²) in [6, 6.07) is 3.57. The van der Waals surface area contributed by atoms with E-state index in [0.29, 0.717) is 6.54 Å². The molecule has 1 aromatic rings. The first-order valence-corrected chi connectivity index (χ1v) is 4.06. The molecule has 0 atom stereocenters. The van der Waals surface area contributed by atoms with E-state index in [4.69, 9.17) is 10.4 Å². The fourth-order valence-corrected chi connectivity index (χ4v) is 1.08. The SMILES string of the molecule is O=C(O)/C=C/c1cccn1CCOO. The van der Waals surface area contributed by atoms with Gasteiger partial charge in [-0.15, -0.1) is 0 Å². The molecule has 0 amide bonds. The second-order valence-electron chi connectivity index (χ2n) is 2.63. The lowest BCUT2D eigenvalue weighted by molar-refractivity contribution is -0.243. The van der Waals surface area contributed by atoms with Crippen LogP contribution in [0, 0.1) is 0 Å². The zero-order chi connectivity index (χ0) is 10.4. The summed E-state index contributed by atoms with van der Waals surface area (Å²) in [7, 11) is 0. The van der Waals surface area contributed by atoms with Crippen molar-refractivity contribution >= 4 is 12.0 Å². The molecule has 5 heteroatoms. The summed E-state index contributed by atoms with van der Waals surface area (Å²) in [5, 5.41) is 16.6. The van der Waals surface area contributed by atoms with Crippen LogP contribution in [0.4, 0.5) is 0 Å². The summed E-state index contributed by atoms with van der Waals surface area (Å²) in [5.41, 5.74) is 0.754. The summed E-state index contributed by atoms with van der Waals surface area (Å²) < 4.78 is 1.77. The molecule has 1 aromatic heterocycles. The van der Waals surface area contributed by atoms with Crippen molar-refractivity contribution in [2.45, 2.75) is 6.54 Å². The second kappa shape index (κ2) is 5.21. The number of hydrogen-bond donors (Lipinski definition) is 2. The molecule has 76 valence electrons. The molecule has 0 spiro atoms. The van der Waals surface area contributed by atoms with E-state index >= 15 is 0 Å².